The lowest BCUT2D eigenvalue weighted by Gasteiger charge is -2.15. The third-order valence-corrected chi connectivity index (χ3v) is 2.94. The predicted octanol–water partition coefficient (Wildman–Crippen LogP) is 1.68. The Morgan fingerprint density at radius 2 is 1.90 bits per heavy atom. The molecular formula is C15H23N3O2. The van der Waals surface area contributed by atoms with Crippen molar-refractivity contribution in [2.24, 2.45) is 0 Å². The highest BCUT2D eigenvalue weighted by Crippen LogP contribution is 2.15. The van der Waals surface area contributed by atoms with Crippen LogP contribution in [-0.4, -0.2) is 30.9 Å². The molecule has 1 aromatic carbocycles. The Kier molecular flexibility index (Phi) is 6.03. The Labute approximate surface area is 120 Å². The van der Waals surface area contributed by atoms with Crippen molar-refractivity contribution in [2.75, 3.05) is 18.4 Å². The number of aryl methyl sites for hydroxylation is 1. The number of carbonyl (C=O) groups is 2. The number of anilines is 1. The summed E-state index contributed by atoms with van der Waals surface area (Å²) >= 11 is 0. The van der Waals surface area contributed by atoms with Gasteiger partial charge in [0.05, 0.1) is 0 Å². The predicted molar refractivity (Wildman–Crippen MR) is 81.0 cm³/mol. The van der Waals surface area contributed by atoms with Gasteiger partial charge in [0.1, 0.15) is 6.04 Å². The van der Waals surface area contributed by atoms with Crippen LogP contribution in [0.5, 0.6) is 0 Å². The van der Waals surface area contributed by atoms with Gasteiger partial charge in [-0.25, -0.2) is 0 Å². The van der Waals surface area contributed by atoms with E-state index in [0.717, 1.165) is 17.8 Å². The Morgan fingerprint density at radius 3 is 2.45 bits per heavy atom. The first-order valence-electron chi connectivity index (χ1n) is 6.92. The average molecular weight is 277 g/mol. The van der Waals surface area contributed by atoms with Crippen LogP contribution in [0.2, 0.25) is 0 Å². The van der Waals surface area contributed by atoms with E-state index >= 15 is 0 Å². The van der Waals surface area contributed by atoms with Crippen molar-refractivity contribution in [1.29, 1.82) is 0 Å². The lowest BCUT2D eigenvalue weighted by Crippen LogP contribution is -2.44. The van der Waals surface area contributed by atoms with Gasteiger partial charge in [-0.3, -0.25) is 9.59 Å². The van der Waals surface area contributed by atoms with Gasteiger partial charge in [-0.05, 0) is 51.5 Å². The fourth-order valence-electron chi connectivity index (χ4n) is 1.90. The van der Waals surface area contributed by atoms with E-state index in [-0.39, 0.29) is 11.8 Å². The molecule has 0 heterocycles. The van der Waals surface area contributed by atoms with Crippen molar-refractivity contribution >= 4 is 17.5 Å². The minimum Gasteiger partial charge on any atom is -0.385 e. The van der Waals surface area contributed by atoms with Gasteiger partial charge in [0.2, 0.25) is 5.91 Å². The van der Waals surface area contributed by atoms with Gasteiger partial charge in [-0.2, -0.15) is 0 Å². The number of amides is 2. The van der Waals surface area contributed by atoms with Gasteiger partial charge in [0.25, 0.3) is 5.91 Å². The molecule has 0 aliphatic carbocycles. The van der Waals surface area contributed by atoms with Crippen LogP contribution < -0.4 is 16.0 Å². The van der Waals surface area contributed by atoms with Gasteiger partial charge >= 0.3 is 0 Å². The van der Waals surface area contributed by atoms with Crippen molar-refractivity contribution in [3.8, 4) is 0 Å². The number of hydrogen-bond donors (Lipinski definition) is 3. The number of hydrogen-bond acceptors (Lipinski definition) is 3. The smallest absolute Gasteiger partial charge is 0.252 e. The number of rotatable bonds is 6. The number of nitrogens with one attached hydrogen (secondary N) is 3. The van der Waals surface area contributed by atoms with Crippen molar-refractivity contribution in [3.63, 3.8) is 0 Å². The van der Waals surface area contributed by atoms with Crippen LogP contribution in [-0.2, 0) is 4.79 Å². The highest BCUT2D eigenvalue weighted by Gasteiger charge is 2.17. The topological polar surface area (TPSA) is 70.2 Å². The normalized spacial score (nSPS) is 11.6. The lowest BCUT2D eigenvalue weighted by molar-refractivity contribution is -0.122. The lowest BCUT2D eigenvalue weighted by atomic mass is 10.1. The zero-order valence-corrected chi connectivity index (χ0v) is 12.5. The first kappa shape index (κ1) is 16.0. The molecule has 5 heteroatoms. The molecule has 0 aromatic heterocycles. The first-order valence-corrected chi connectivity index (χ1v) is 6.92. The second kappa shape index (κ2) is 7.53. The third kappa shape index (κ3) is 4.26. The Balaban J connectivity index is 2.75. The molecule has 0 aliphatic rings. The van der Waals surface area contributed by atoms with E-state index in [4.69, 9.17) is 0 Å². The molecule has 20 heavy (non-hydrogen) atoms. The maximum Gasteiger partial charge on any atom is 0.252 e. The molecule has 2 amide bonds. The van der Waals surface area contributed by atoms with Gasteiger partial charge in [-0.1, -0.05) is 0 Å². The zero-order valence-electron chi connectivity index (χ0n) is 12.5. The van der Waals surface area contributed by atoms with Gasteiger partial charge < -0.3 is 16.0 Å². The summed E-state index contributed by atoms with van der Waals surface area (Å²) < 4.78 is 0. The first-order chi connectivity index (χ1) is 9.49. The van der Waals surface area contributed by atoms with Crippen molar-refractivity contribution in [1.82, 2.24) is 10.6 Å². The second-order valence-corrected chi connectivity index (χ2v) is 4.65. The van der Waals surface area contributed by atoms with E-state index in [1.165, 1.54) is 0 Å². The average Bonchev–Trinajstić information content (AvgIpc) is 2.39. The Morgan fingerprint density at radius 1 is 1.20 bits per heavy atom. The fourth-order valence-corrected chi connectivity index (χ4v) is 1.90. The summed E-state index contributed by atoms with van der Waals surface area (Å²) in [4.78, 5) is 23.7. The molecule has 5 nitrogen and oxygen atoms in total. The van der Waals surface area contributed by atoms with E-state index in [2.05, 4.69) is 16.0 Å². The maximum absolute atomic E-state index is 12.1. The van der Waals surface area contributed by atoms with E-state index in [0.29, 0.717) is 12.1 Å². The Bertz CT molecular complexity index is 486. The van der Waals surface area contributed by atoms with E-state index < -0.39 is 6.04 Å². The summed E-state index contributed by atoms with van der Waals surface area (Å²) in [6.07, 6.45) is 0. The Hall–Kier alpha value is -2.04. The molecule has 0 radical (unpaired) electrons. The van der Waals surface area contributed by atoms with Gasteiger partial charge in [0, 0.05) is 24.3 Å². The standard InChI is InChI=1S/C15H23N3O2/c1-5-16-12-7-8-13(10(3)9-12)15(20)18-11(4)14(19)17-6-2/h7-9,11,16H,5-6H2,1-4H3,(H,17,19)(H,18,20). The molecule has 0 aliphatic heterocycles. The summed E-state index contributed by atoms with van der Waals surface area (Å²) in [5, 5.41) is 8.57. The molecular weight excluding hydrogens is 254 g/mol. The van der Waals surface area contributed by atoms with Crippen molar-refractivity contribution in [3.05, 3.63) is 29.3 Å². The quantitative estimate of drug-likeness (QED) is 0.741. The molecule has 0 spiro atoms. The molecule has 1 rings (SSSR count). The van der Waals surface area contributed by atoms with Crippen molar-refractivity contribution in [2.45, 2.75) is 33.7 Å². The summed E-state index contributed by atoms with van der Waals surface area (Å²) in [7, 11) is 0. The van der Waals surface area contributed by atoms with E-state index in [9.17, 15) is 9.59 Å². The summed E-state index contributed by atoms with van der Waals surface area (Å²) in [6, 6.07) is 5.01. The third-order valence-electron chi connectivity index (χ3n) is 2.94. The summed E-state index contributed by atoms with van der Waals surface area (Å²) in [5.74, 6) is -0.410. The van der Waals surface area contributed by atoms with Gasteiger partial charge in [-0.15, -0.1) is 0 Å². The monoisotopic (exact) mass is 277 g/mol. The minimum absolute atomic E-state index is 0.178. The molecule has 1 unspecified atom stereocenters. The van der Waals surface area contributed by atoms with Crippen LogP contribution in [0.25, 0.3) is 0 Å². The van der Waals surface area contributed by atoms with E-state index in [1.807, 2.05) is 32.9 Å². The molecule has 0 saturated heterocycles. The van der Waals surface area contributed by atoms with Crippen molar-refractivity contribution < 1.29 is 9.59 Å². The molecule has 0 saturated carbocycles. The van der Waals surface area contributed by atoms with Crippen LogP contribution in [0.15, 0.2) is 18.2 Å². The van der Waals surface area contributed by atoms with Crippen LogP contribution in [0, 0.1) is 6.92 Å². The SMILES string of the molecule is CCNC(=O)C(C)NC(=O)c1ccc(NCC)cc1C. The van der Waals surface area contributed by atoms with Gasteiger partial charge in [0.15, 0.2) is 0 Å². The highest BCUT2D eigenvalue weighted by molar-refractivity contribution is 5.98. The maximum atomic E-state index is 12.1. The van der Waals surface area contributed by atoms with Crippen LogP contribution >= 0.6 is 0 Å². The summed E-state index contributed by atoms with van der Waals surface area (Å²) in [5.41, 5.74) is 2.45. The molecule has 1 atom stereocenters. The highest BCUT2D eigenvalue weighted by atomic mass is 16.2. The van der Waals surface area contributed by atoms with E-state index in [1.54, 1.807) is 13.0 Å². The molecule has 0 fully saturated rings. The summed E-state index contributed by atoms with van der Waals surface area (Å²) in [6.45, 7) is 8.80. The molecule has 3 N–H and O–H groups in total. The molecule has 0 bridgehead atoms. The number of benzene rings is 1. The van der Waals surface area contributed by atoms with Crippen LogP contribution in [0.1, 0.15) is 36.7 Å². The van der Waals surface area contributed by atoms with Crippen LogP contribution in [0.3, 0.4) is 0 Å². The van der Waals surface area contributed by atoms with Crippen LogP contribution in [0.4, 0.5) is 5.69 Å². The number of carbonyl (C=O) groups excluding carboxylic acids is 2. The molecule has 110 valence electrons. The second-order valence-electron chi connectivity index (χ2n) is 4.65. The molecule has 1 aromatic rings. The number of likely N-dealkylation sites (N-methyl/N-ethyl adjacent to an activating group) is 1. The zero-order chi connectivity index (χ0) is 15.1. The largest absolute Gasteiger partial charge is 0.385 e. The minimum atomic E-state index is -0.546. The fraction of sp³-hybridized carbons (Fsp3) is 0.467.